The highest BCUT2D eigenvalue weighted by atomic mass is 16.4. The van der Waals surface area contributed by atoms with Gasteiger partial charge in [-0.05, 0) is 0 Å². The molecule has 0 spiro atoms. The lowest BCUT2D eigenvalue weighted by Gasteiger charge is -2.01. The summed E-state index contributed by atoms with van der Waals surface area (Å²) in [6, 6.07) is 0. The van der Waals surface area contributed by atoms with Crippen LogP contribution >= 0.6 is 0 Å². The summed E-state index contributed by atoms with van der Waals surface area (Å²) in [5.41, 5.74) is 0. The van der Waals surface area contributed by atoms with E-state index in [0.29, 0.717) is 25.0 Å². The van der Waals surface area contributed by atoms with Gasteiger partial charge in [-0.2, -0.15) is 0 Å². The van der Waals surface area contributed by atoms with Gasteiger partial charge in [-0.1, -0.05) is 0 Å². The molecule has 118 valence electrons. The van der Waals surface area contributed by atoms with Crippen LogP contribution in [0.1, 0.15) is 12.8 Å². The van der Waals surface area contributed by atoms with E-state index < -0.39 is 11.9 Å². The van der Waals surface area contributed by atoms with Gasteiger partial charge in [-0.15, -0.1) is 0 Å². The standard InChI is InChI=1S/C5H7NO2.C4H4O4.CH4O.2H3N/c1-6-4(7)2-3-5(6)8;5-3(6)1-2-4(7)8;1-2;;/h2-3H2,1H3;1-2H,(H,5,6)(H,7,8);2H,1H3;2*1H3. The Kier molecular flexibility index (Phi) is 19.4. The molecule has 0 atom stereocenters. The largest absolute Gasteiger partial charge is 0.478 e. The number of carboxylic acids is 2. The first kappa shape index (κ1) is 26.3. The van der Waals surface area contributed by atoms with Gasteiger partial charge in [0.05, 0.1) is 0 Å². The zero-order chi connectivity index (χ0) is 14.7. The van der Waals surface area contributed by atoms with Gasteiger partial charge in [-0.3, -0.25) is 14.5 Å². The van der Waals surface area contributed by atoms with E-state index in [0.717, 1.165) is 7.11 Å². The lowest BCUT2D eigenvalue weighted by atomic mass is 10.4. The lowest BCUT2D eigenvalue weighted by Crippen LogP contribution is -2.23. The van der Waals surface area contributed by atoms with Crippen LogP contribution < -0.4 is 12.3 Å². The molecule has 9 N–H and O–H groups in total. The molecular weight excluding hydrogens is 274 g/mol. The molecule has 1 rings (SSSR count). The summed E-state index contributed by atoms with van der Waals surface area (Å²) in [4.78, 5) is 41.3. The molecular formula is C10H21N3O7. The van der Waals surface area contributed by atoms with Crippen molar-refractivity contribution >= 4 is 23.8 Å². The Bertz CT molecular complexity index is 323. The van der Waals surface area contributed by atoms with Crippen molar-refractivity contribution in [1.29, 1.82) is 0 Å². The van der Waals surface area contributed by atoms with Crippen molar-refractivity contribution in [3.05, 3.63) is 12.2 Å². The average molecular weight is 295 g/mol. The predicted molar refractivity (Wildman–Crippen MR) is 69.6 cm³/mol. The Morgan fingerprint density at radius 1 is 0.950 bits per heavy atom. The maximum absolute atomic E-state index is 10.5. The quantitative estimate of drug-likeness (QED) is 0.325. The summed E-state index contributed by atoms with van der Waals surface area (Å²) in [6.45, 7) is 0. The minimum absolute atomic E-state index is 0. The molecule has 10 nitrogen and oxygen atoms in total. The topological polar surface area (TPSA) is 202 Å². The van der Waals surface area contributed by atoms with Crippen LogP contribution in [0, 0.1) is 0 Å². The fraction of sp³-hybridized carbons (Fsp3) is 0.400. The van der Waals surface area contributed by atoms with Crippen molar-refractivity contribution in [1.82, 2.24) is 17.2 Å². The molecule has 10 heteroatoms. The molecule has 1 fully saturated rings. The highest BCUT2D eigenvalue weighted by molar-refractivity contribution is 6.01. The molecule has 0 saturated carbocycles. The molecule has 20 heavy (non-hydrogen) atoms. The molecule has 0 unspecified atom stereocenters. The van der Waals surface area contributed by atoms with E-state index in [1.807, 2.05) is 0 Å². The highest BCUT2D eigenvalue weighted by Gasteiger charge is 2.24. The first-order valence-electron chi connectivity index (χ1n) is 4.72. The first-order valence-corrected chi connectivity index (χ1v) is 4.72. The minimum atomic E-state index is -1.26. The number of aliphatic hydroxyl groups excluding tert-OH is 1. The molecule has 1 aliphatic heterocycles. The summed E-state index contributed by atoms with van der Waals surface area (Å²) in [5.74, 6) is -2.63. The fourth-order valence-corrected chi connectivity index (χ4v) is 0.831. The molecule has 2 amide bonds. The Hall–Kier alpha value is -2.30. The van der Waals surface area contributed by atoms with Gasteiger partial charge in [0.1, 0.15) is 0 Å². The SMILES string of the molecule is CN1C(=O)CCC1=O.CO.N.N.O=C(O)C=CC(=O)O. The second-order valence-electron chi connectivity index (χ2n) is 2.86. The number of aliphatic hydroxyl groups is 1. The van der Waals surface area contributed by atoms with Gasteiger partial charge in [0, 0.05) is 39.2 Å². The van der Waals surface area contributed by atoms with Crippen LogP contribution in [0.15, 0.2) is 12.2 Å². The molecule has 1 heterocycles. The van der Waals surface area contributed by atoms with Gasteiger partial charge in [0.25, 0.3) is 0 Å². The van der Waals surface area contributed by atoms with Gasteiger partial charge in [-0.25, -0.2) is 9.59 Å². The molecule has 0 radical (unpaired) electrons. The number of nitrogens with zero attached hydrogens (tertiary/aromatic N) is 1. The number of imide groups is 1. The molecule has 0 aromatic rings. The van der Waals surface area contributed by atoms with Crippen molar-refractivity contribution in [2.75, 3.05) is 14.2 Å². The van der Waals surface area contributed by atoms with Crippen LogP contribution in [0.3, 0.4) is 0 Å². The third-order valence-electron chi connectivity index (χ3n) is 1.67. The summed E-state index contributed by atoms with van der Waals surface area (Å²) in [6.07, 6.45) is 1.91. The van der Waals surface area contributed by atoms with Gasteiger partial charge in [0.15, 0.2) is 0 Å². The van der Waals surface area contributed by atoms with Crippen molar-refractivity contribution in [2.24, 2.45) is 0 Å². The normalized spacial score (nSPS) is 12.2. The maximum Gasteiger partial charge on any atom is 0.328 e. The zero-order valence-corrected chi connectivity index (χ0v) is 11.4. The Balaban J connectivity index is -0.000000104. The number of hydrogen-bond acceptors (Lipinski definition) is 7. The Morgan fingerprint density at radius 2 is 1.20 bits per heavy atom. The van der Waals surface area contributed by atoms with E-state index in [4.69, 9.17) is 15.3 Å². The summed E-state index contributed by atoms with van der Waals surface area (Å²) >= 11 is 0. The molecule has 0 aromatic carbocycles. The van der Waals surface area contributed by atoms with E-state index in [1.54, 1.807) is 0 Å². The summed E-state index contributed by atoms with van der Waals surface area (Å²) in [7, 11) is 2.51. The van der Waals surface area contributed by atoms with Crippen molar-refractivity contribution in [2.45, 2.75) is 12.8 Å². The number of carbonyl (C=O) groups excluding carboxylic acids is 2. The number of likely N-dealkylation sites (tertiary alicyclic amines) is 1. The van der Waals surface area contributed by atoms with Crippen molar-refractivity contribution in [3.8, 4) is 0 Å². The van der Waals surface area contributed by atoms with Crippen LogP contribution in [0.25, 0.3) is 0 Å². The number of carbonyl (C=O) groups is 4. The predicted octanol–water partition coefficient (Wildman–Crippen LogP) is -0.590. The third-order valence-corrected chi connectivity index (χ3v) is 1.67. The van der Waals surface area contributed by atoms with E-state index in [-0.39, 0.29) is 24.1 Å². The number of aliphatic carboxylic acids is 2. The van der Waals surface area contributed by atoms with E-state index in [9.17, 15) is 19.2 Å². The summed E-state index contributed by atoms with van der Waals surface area (Å²) < 4.78 is 0. The molecule has 0 bridgehead atoms. The second-order valence-corrected chi connectivity index (χ2v) is 2.86. The van der Waals surface area contributed by atoms with Crippen LogP contribution in [0.2, 0.25) is 0 Å². The van der Waals surface area contributed by atoms with Crippen molar-refractivity contribution < 1.29 is 34.5 Å². The van der Waals surface area contributed by atoms with Crippen LogP contribution in [-0.2, 0) is 19.2 Å². The average Bonchev–Trinajstić information content (AvgIpc) is 2.61. The van der Waals surface area contributed by atoms with Crippen LogP contribution in [-0.4, -0.2) is 58.1 Å². The van der Waals surface area contributed by atoms with E-state index in [2.05, 4.69) is 0 Å². The second kappa shape index (κ2) is 14.8. The monoisotopic (exact) mass is 295 g/mol. The zero-order valence-electron chi connectivity index (χ0n) is 11.4. The molecule has 0 aromatic heterocycles. The minimum Gasteiger partial charge on any atom is -0.478 e. The highest BCUT2D eigenvalue weighted by Crippen LogP contribution is 2.07. The van der Waals surface area contributed by atoms with Crippen LogP contribution in [0.5, 0.6) is 0 Å². The van der Waals surface area contributed by atoms with Gasteiger partial charge in [0.2, 0.25) is 11.8 Å². The number of carboxylic acid groups (broad SMARTS) is 2. The lowest BCUT2D eigenvalue weighted by molar-refractivity contribution is -0.137. The first-order chi connectivity index (χ1) is 8.34. The van der Waals surface area contributed by atoms with E-state index >= 15 is 0 Å². The van der Waals surface area contributed by atoms with Gasteiger partial charge >= 0.3 is 11.9 Å². The maximum atomic E-state index is 10.5. The number of hydrogen-bond donors (Lipinski definition) is 5. The summed E-state index contributed by atoms with van der Waals surface area (Å²) in [5, 5.41) is 22.6. The van der Waals surface area contributed by atoms with Gasteiger partial charge < -0.3 is 27.6 Å². The Labute approximate surface area is 115 Å². The Morgan fingerprint density at radius 3 is 1.30 bits per heavy atom. The molecule has 0 aliphatic carbocycles. The molecule has 1 saturated heterocycles. The number of rotatable bonds is 2. The smallest absolute Gasteiger partial charge is 0.328 e. The van der Waals surface area contributed by atoms with E-state index in [1.165, 1.54) is 11.9 Å². The fourth-order valence-electron chi connectivity index (χ4n) is 0.831. The number of amides is 2. The van der Waals surface area contributed by atoms with Crippen molar-refractivity contribution in [3.63, 3.8) is 0 Å². The molecule has 1 aliphatic rings. The third kappa shape index (κ3) is 13.8. The van der Waals surface area contributed by atoms with Crippen LogP contribution in [0.4, 0.5) is 0 Å².